The molecule has 1 amide bonds. The Balaban J connectivity index is 1.55. The van der Waals surface area contributed by atoms with Crippen LogP contribution in [0.5, 0.6) is 0 Å². The van der Waals surface area contributed by atoms with Gasteiger partial charge in [-0.25, -0.2) is 8.42 Å². The van der Waals surface area contributed by atoms with Crippen LogP contribution in [-0.4, -0.2) is 41.9 Å². The maximum absolute atomic E-state index is 13.5. The number of amides is 1. The first kappa shape index (κ1) is 23.1. The molecule has 33 heavy (non-hydrogen) atoms. The van der Waals surface area contributed by atoms with E-state index in [2.05, 4.69) is 15.5 Å². The topological polar surface area (TPSA) is 105 Å². The first-order chi connectivity index (χ1) is 15.6. The quantitative estimate of drug-likeness (QED) is 0.607. The number of nitrogens with zero attached hydrogens (tertiary/aromatic N) is 3. The molecular formula is C24H28N4O4S. The molecule has 3 aromatic rings. The van der Waals surface area contributed by atoms with E-state index in [1.54, 1.807) is 32.0 Å². The molecule has 1 aliphatic heterocycles. The van der Waals surface area contributed by atoms with Crippen LogP contribution in [0.25, 0.3) is 11.4 Å². The number of sulfonamides is 1. The second kappa shape index (κ2) is 9.07. The van der Waals surface area contributed by atoms with Gasteiger partial charge in [0.2, 0.25) is 27.6 Å². The Morgan fingerprint density at radius 1 is 1.09 bits per heavy atom. The zero-order valence-electron chi connectivity index (χ0n) is 19.3. The van der Waals surface area contributed by atoms with Gasteiger partial charge in [0.1, 0.15) is 0 Å². The largest absolute Gasteiger partial charge is 0.339 e. The van der Waals surface area contributed by atoms with Crippen molar-refractivity contribution in [3.63, 3.8) is 0 Å². The van der Waals surface area contributed by atoms with Crippen molar-refractivity contribution >= 4 is 21.6 Å². The third-order valence-electron chi connectivity index (χ3n) is 5.84. The highest BCUT2D eigenvalue weighted by Crippen LogP contribution is 2.29. The number of hydrogen-bond donors (Lipinski definition) is 1. The summed E-state index contributed by atoms with van der Waals surface area (Å²) >= 11 is 0. The van der Waals surface area contributed by atoms with Crippen LogP contribution in [0.4, 0.5) is 5.69 Å². The first-order valence-corrected chi connectivity index (χ1v) is 12.4. The molecule has 0 saturated carbocycles. The summed E-state index contributed by atoms with van der Waals surface area (Å²) in [6, 6.07) is 11.0. The Labute approximate surface area is 194 Å². The minimum atomic E-state index is -3.80. The van der Waals surface area contributed by atoms with Gasteiger partial charge in [-0.3, -0.25) is 4.79 Å². The highest BCUT2D eigenvalue weighted by atomic mass is 32.2. The Kier molecular flexibility index (Phi) is 6.36. The summed E-state index contributed by atoms with van der Waals surface area (Å²) in [6.07, 6.45) is 1.26. The zero-order chi connectivity index (χ0) is 23.8. The number of aromatic nitrogens is 2. The summed E-state index contributed by atoms with van der Waals surface area (Å²) < 4.78 is 33.5. The smallest absolute Gasteiger partial charge is 0.243 e. The van der Waals surface area contributed by atoms with Gasteiger partial charge >= 0.3 is 0 Å². The lowest BCUT2D eigenvalue weighted by atomic mass is 9.98. The van der Waals surface area contributed by atoms with Crippen molar-refractivity contribution in [3.8, 4) is 11.4 Å². The van der Waals surface area contributed by atoms with Crippen LogP contribution >= 0.6 is 0 Å². The van der Waals surface area contributed by atoms with E-state index in [0.29, 0.717) is 42.2 Å². The van der Waals surface area contributed by atoms with Crippen molar-refractivity contribution in [1.82, 2.24) is 14.4 Å². The molecule has 0 bridgehead atoms. The number of carbonyl (C=O) groups is 1. The fourth-order valence-corrected chi connectivity index (χ4v) is 6.01. The standard InChI is InChI=1S/C24H28N4O4S/c1-15-10-16(2)12-21(11-15)26-24(29)20-6-5-9-28(14-20)33(30,31)22-13-19(8-7-17(22)3)23-25-18(4)32-27-23/h7-8,10-13,20H,5-6,9,14H2,1-4H3,(H,26,29)/t20-/m1/s1. The second-order valence-electron chi connectivity index (χ2n) is 8.69. The number of aryl methyl sites for hydroxylation is 4. The van der Waals surface area contributed by atoms with Crippen LogP contribution in [0.3, 0.4) is 0 Å². The van der Waals surface area contributed by atoms with Crippen LogP contribution in [0.2, 0.25) is 0 Å². The third kappa shape index (κ3) is 4.99. The summed E-state index contributed by atoms with van der Waals surface area (Å²) in [4.78, 5) is 17.3. The fraction of sp³-hybridized carbons (Fsp3) is 0.375. The average Bonchev–Trinajstić information content (AvgIpc) is 3.19. The average molecular weight is 469 g/mol. The molecule has 0 unspecified atom stereocenters. The number of rotatable bonds is 5. The highest BCUT2D eigenvalue weighted by molar-refractivity contribution is 7.89. The summed E-state index contributed by atoms with van der Waals surface area (Å²) in [5, 5.41) is 6.85. The number of nitrogens with one attached hydrogen (secondary N) is 1. The third-order valence-corrected chi connectivity index (χ3v) is 7.84. The van der Waals surface area contributed by atoms with E-state index >= 15 is 0 Å². The van der Waals surface area contributed by atoms with Crippen LogP contribution in [0.1, 0.15) is 35.4 Å². The van der Waals surface area contributed by atoms with Crippen molar-refractivity contribution in [1.29, 1.82) is 0 Å². The van der Waals surface area contributed by atoms with E-state index in [0.717, 1.165) is 16.8 Å². The van der Waals surface area contributed by atoms with E-state index < -0.39 is 15.9 Å². The predicted molar refractivity (Wildman–Crippen MR) is 125 cm³/mol. The molecule has 0 spiro atoms. The van der Waals surface area contributed by atoms with Gasteiger partial charge < -0.3 is 9.84 Å². The monoisotopic (exact) mass is 468 g/mol. The van der Waals surface area contributed by atoms with E-state index in [1.165, 1.54) is 4.31 Å². The van der Waals surface area contributed by atoms with Crippen LogP contribution in [-0.2, 0) is 14.8 Å². The van der Waals surface area contributed by atoms with Crippen molar-refractivity contribution in [3.05, 3.63) is 59.0 Å². The summed E-state index contributed by atoms with van der Waals surface area (Å²) in [7, 11) is -3.80. The maximum Gasteiger partial charge on any atom is 0.243 e. The molecule has 0 aliphatic carbocycles. The number of piperidine rings is 1. The molecule has 2 heterocycles. The maximum atomic E-state index is 13.5. The van der Waals surface area contributed by atoms with E-state index in [-0.39, 0.29) is 17.3 Å². The normalized spacial score (nSPS) is 17.2. The van der Waals surface area contributed by atoms with Crippen molar-refractivity contribution < 1.29 is 17.7 Å². The molecule has 9 heteroatoms. The van der Waals surface area contributed by atoms with Gasteiger partial charge in [0.05, 0.1) is 10.8 Å². The van der Waals surface area contributed by atoms with Crippen molar-refractivity contribution in [2.75, 3.05) is 18.4 Å². The van der Waals surface area contributed by atoms with Gasteiger partial charge in [0.15, 0.2) is 0 Å². The minimum Gasteiger partial charge on any atom is -0.339 e. The summed E-state index contributed by atoms with van der Waals surface area (Å²) in [5.41, 5.74) is 4.05. The van der Waals surface area contributed by atoms with E-state index in [4.69, 9.17) is 4.52 Å². The molecule has 2 aromatic carbocycles. The molecular weight excluding hydrogens is 440 g/mol. The minimum absolute atomic E-state index is 0.143. The molecule has 1 aromatic heterocycles. The molecule has 0 radical (unpaired) electrons. The molecule has 1 fully saturated rings. The van der Waals surface area contributed by atoms with Gasteiger partial charge in [-0.15, -0.1) is 0 Å². The van der Waals surface area contributed by atoms with Crippen LogP contribution in [0.15, 0.2) is 45.8 Å². The Morgan fingerprint density at radius 2 is 1.82 bits per heavy atom. The Bertz CT molecular complexity index is 1280. The lowest BCUT2D eigenvalue weighted by Crippen LogP contribution is -2.43. The molecule has 1 saturated heterocycles. The van der Waals surface area contributed by atoms with E-state index in [1.807, 2.05) is 32.0 Å². The van der Waals surface area contributed by atoms with Gasteiger partial charge in [0.25, 0.3) is 0 Å². The Morgan fingerprint density at radius 3 is 2.48 bits per heavy atom. The molecule has 1 atom stereocenters. The zero-order valence-corrected chi connectivity index (χ0v) is 20.1. The fourth-order valence-electron chi connectivity index (χ4n) is 4.24. The van der Waals surface area contributed by atoms with Gasteiger partial charge in [-0.2, -0.15) is 9.29 Å². The lowest BCUT2D eigenvalue weighted by molar-refractivity contribution is -0.120. The van der Waals surface area contributed by atoms with Crippen molar-refractivity contribution in [2.24, 2.45) is 5.92 Å². The SMILES string of the molecule is Cc1cc(C)cc(NC(=O)[C@@H]2CCCN(S(=O)(=O)c3cc(-c4noc(C)n4)ccc3C)C2)c1. The molecule has 1 aliphatic rings. The molecule has 174 valence electrons. The summed E-state index contributed by atoms with van der Waals surface area (Å²) in [6.45, 7) is 7.91. The van der Waals surface area contributed by atoms with Gasteiger partial charge in [-0.1, -0.05) is 23.4 Å². The number of hydrogen-bond acceptors (Lipinski definition) is 6. The van der Waals surface area contributed by atoms with E-state index in [9.17, 15) is 13.2 Å². The van der Waals surface area contributed by atoms with Crippen LogP contribution < -0.4 is 5.32 Å². The van der Waals surface area contributed by atoms with Crippen molar-refractivity contribution in [2.45, 2.75) is 45.4 Å². The Hall–Kier alpha value is -3.04. The predicted octanol–water partition coefficient (Wildman–Crippen LogP) is 4.01. The molecule has 8 nitrogen and oxygen atoms in total. The first-order valence-electron chi connectivity index (χ1n) is 10.9. The number of anilines is 1. The van der Waals surface area contributed by atoms with Crippen LogP contribution in [0, 0.1) is 33.6 Å². The lowest BCUT2D eigenvalue weighted by Gasteiger charge is -2.31. The van der Waals surface area contributed by atoms with Gasteiger partial charge in [0, 0.05) is 31.3 Å². The van der Waals surface area contributed by atoms with Gasteiger partial charge in [-0.05, 0) is 68.5 Å². The number of benzene rings is 2. The number of carbonyl (C=O) groups excluding carboxylic acids is 1. The second-order valence-corrected chi connectivity index (χ2v) is 10.6. The summed E-state index contributed by atoms with van der Waals surface area (Å²) in [5.74, 6) is 0.169. The highest BCUT2D eigenvalue weighted by Gasteiger charge is 2.34. The molecule has 1 N–H and O–H groups in total. The molecule has 4 rings (SSSR count).